The van der Waals surface area contributed by atoms with Gasteiger partial charge in [-0.1, -0.05) is 33.1 Å². The lowest BCUT2D eigenvalue weighted by atomic mass is 10.0. The number of aryl methyl sites for hydroxylation is 1. The Balaban J connectivity index is 1.80. The standard InChI is InChI=1S/C17H24Br2O2/c1-12(2)6-4-3-5-7-13-8-15(18)17(16(19)9-13)21-11-14-10-20-14/h8-9,12,14H,3-7,10-11H2,1-2H3. The first-order valence-electron chi connectivity index (χ1n) is 7.78. The van der Waals surface area contributed by atoms with E-state index in [0.717, 1.165) is 33.6 Å². The molecule has 4 heteroatoms. The second-order valence-electron chi connectivity index (χ2n) is 6.15. The van der Waals surface area contributed by atoms with Crippen molar-refractivity contribution in [3.63, 3.8) is 0 Å². The van der Waals surface area contributed by atoms with Gasteiger partial charge in [0, 0.05) is 0 Å². The lowest BCUT2D eigenvalue weighted by molar-refractivity contribution is 0.260. The van der Waals surface area contributed by atoms with E-state index in [4.69, 9.17) is 9.47 Å². The molecule has 0 spiro atoms. The van der Waals surface area contributed by atoms with E-state index in [1.807, 2.05) is 0 Å². The first-order valence-corrected chi connectivity index (χ1v) is 9.37. The van der Waals surface area contributed by atoms with E-state index < -0.39 is 0 Å². The van der Waals surface area contributed by atoms with E-state index in [2.05, 4.69) is 57.8 Å². The normalized spacial score (nSPS) is 17.3. The zero-order chi connectivity index (χ0) is 15.2. The summed E-state index contributed by atoms with van der Waals surface area (Å²) in [6, 6.07) is 4.35. The summed E-state index contributed by atoms with van der Waals surface area (Å²) in [7, 11) is 0. The molecule has 2 nitrogen and oxygen atoms in total. The fourth-order valence-corrected chi connectivity index (χ4v) is 3.80. The van der Waals surface area contributed by atoms with Crippen molar-refractivity contribution in [1.82, 2.24) is 0 Å². The highest BCUT2D eigenvalue weighted by Gasteiger charge is 2.24. The highest BCUT2D eigenvalue weighted by molar-refractivity contribution is 9.11. The summed E-state index contributed by atoms with van der Waals surface area (Å²) >= 11 is 7.23. The predicted molar refractivity (Wildman–Crippen MR) is 94.1 cm³/mol. The third-order valence-corrected chi connectivity index (χ3v) is 4.80. The molecule has 1 heterocycles. The number of halogens is 2. The third kappa shape index (κ3) is 6.29. The Morgan fingerprint density at radius 2 is 1.86 bits per heavy atom. The van der Waals surface area contributed by atoms with Crippen molar-refractivity contribution >= 4 is 31.9 Å². The smallest absolute Gasteiger partial charge is 0.147 e. The number of hydrogen-bond acceptors (Lipinski definition) is 2. The SMILES string of the molecule is CC(C)CCCCCc1cc(Br)c(OCC2CO2)c(Br)c1. The maximum atomic E-state index is 5.80. The Hall–Kier alpha value is -0.0600. The summed E-state index contributed by atoms with van der Waals surface area (Å²) in [5, 5.41) is 0. The maximum Gasteiger partial charge on any atom is 0.147 e. The highest BCUT2D eigenvalue weighted by atomic mass is 79.9. The van der Waals surface area contributed by atoms with Crippen molar-refractivity contribution in [3.8, 4) is 5.75 Å². The molecular formula is C17H24Br2O2. The molecule has 1 aromatic carbocycles. The molecule has 1 aromatic rings. The molecule has 0 aliphatic carbocycles. The van der Waals surface area contributed by atoms with Crippen molar-refractivity contribution in [1.29, 1.82) is 0 Å². The summed E-state index contributed by atoms with van der Waals surface area (Å²) < 4.78 is 13.0. The number of epoxide rings is 1. The van der Waals surface area contributed by atoms with E-state index in [1.165, 1.54) is 31.2 Å². The first-order chi connectivity index (χ1) is 10.1. The second kappa shape index (κ2) is 8.54. The molecule has 0 aromatic heterocycles. The number of ether oxygens (including phenoxy) is 2. The molecule has 0 saturated carbocycles. The van der Waals surface area contributed by atoms with E-state index in [1.54, 1.807) is 0 Å². The average molecular weight is 420 g/mol. The van der Waals surface area contributed by atoms with Gasteiger partial charge in [0.1, 0.15) is 18.5 Å². The van der Waals surface area contributed by atoms with Crippen LogP contribution < -0.4 is 4.74 Å². The summed E-state index contributed by atoms with van der Waals surface area (Å²) in [5.74, 6) is 1.70. The van der Waals surface area contributed by atoms with Crippen molar-refractivity contribution in [2.45, 2.75) is 52.1 Å². The first kappa shape index (κ1) is 17.3. The largest absolute Gasteiger partial charge is 0.488 e. The summed E-state index contributed by atoms with van der Waals surface area (Å²) in [4.78, 5) is 0. The van der Waals surface area contributed by atoms with Gasteiger partial charge in [-0.05, 0) is 68.3 Å². The molecule has 0 radical (unpaired) electrons. The van der Waals surface area contributed by atoms with Crippen LogP contribution >= 0.6 is 31.9 Å². The van der Waals surface area contributed by atoms with Gasteiger partial charge in [-0.2, -0.15) is 0 Å². The van der Waals surface area contributed by atoms with Crippen LogP contribution in [0.15, 0.2) is 21.1 Å². The molecule has 1 unspecified atom stereocenters. The van der Waals surface area contributed by atoms with Gasteiger partial charge in [-0.3, -0.25) is 0 Å². The Bertz CT molecular complexity index is 433. The number of unbranched alkanes of at least 4 members (excludes halogenated alkanes) is 2. The number of hydrogen-bond donors (Lipinski definition) is 0. The summed E-state index contributed by atoms with van der Waals surface area (Å²) in [6.07, 6.45) is 6.64. The molecular weight excluding hydrogens is 396 g/mol. The van der Waals surface area contributed by atoms with Crippen LogP contribution in [0.3, 0.4) is 0 Å². The highest BCUT2D eigenvalue weighted by Crippen LogP contribution is 2.35. The Labute approximate surface area is 144 Å². The minimum atomic E-state index is 0.282. The average Bonchev–Trinajstić information content (AvgIpc) is 3.21. The molecule has 1 aliphatic rings. The van der Waals surface area contributed by atoms with Crippen LogP contribution in [0.5, 0.6) is 5.75 Å². The molecule has 118 valence electrons. The van der Waals surface area contributed by atoms with E-state index >= 15 is 0 Å². The monoisotopic (exact) mass is 418 g/mol. The topological polar surface area (TPSA) is 21.8 Å². The molecule has 1 saturated heterocycles. The number of rotatable bonds is 9. The molecule has 1 atom stereocenters. The van der Waals surface area contributed by atoms with Gasteiger partial charge in [0.25, 0.3) is 0 Å². The number of benzene rings is 1. The van der Waals surface area contributed by atoms with Gasteiger partial charge in [0.15, 0.2) is 0 Å². The molecule has 0 amide bonds. The molecule has 0 bridgehead atoms. The molecule has 21 heavy (non-hydrogen) atoms. The maximum absolute atomic E-state index is 5.80. The minimum absolute atomic E-state index is 0.282. The molecule has 0 N–H and O–H groups in total. The lowest BCUT2D eigenvalue weighted by Crippen LogP contribution is -2.05. The summed E-state index contributed by atoms with van der Waals surface area (Å²) in [5.41, 5.74) is 1.35. The van der Waals surface area contributed by atoms with Crippen molar-refractivity contribution in [2.24, 2.45) is 5.92 Å². The van der Waals surface area contributed by atoms with Gasteiger partial charge >= 0.3 is 0 Å². The third-order valence-electron chi connectivity index (χ3n) is 3.62. The Morgan fingerprint density at radius 3 is 2.43 bits per heavy atom. The van der Waals surface area contributed by atoms with Crippen molar-refractivity contribution in [2.75, 3.05) is 13.2 Å². The quantitative estimate of drug-likeness (QED) is 0.375. The van der Waals surface area contributed by atoms with Crippen molar-refractivity contribution in [3.05, 3.63) is 26.6 Å². The van der Waals surface area contributed by atoms with Gasteiger partial charge in [-0.15, -0.1) is 0 Å². The van der Waals surface area contributed by atoms with Gasteiger partial charge in [0.2, 0.25) is 0 Å². The summed E-state index contributed by atoms with van der Waals surface area (Å²) in [6.45, 7) is 6.04. The zero-order valence-corrected chi connectivity index (χ0v) is 16.0. The minimum Gasteiger partial charge on any atom is -0.488 e. The molecule has 1 fully saturated rings. The van der Waals surface area contributed by atoms with Crippen LogP contribution in [-0.2, 0) is 11.2 Å². The van der Waals surface area contributed by atoms with Crippen LogP contribution in [0, 0.1) is 5.92 Å². The van der Waals surface area contributed by atoms with Crippen LogP contribution in [0.1, 0.15) is 45.1 Å². The van der Waals surface area contributed by atoms with Crippen LogP contribution in [0.25, 0.3) is 0 Å². The van der Waals surface area contributed by atoms with E-state index in [9.17, 15) is 0 Å². The molecule has 2 rings (SSSR count). The van der Waals surface area contributed by atoms with E-state index in [0.29, 0.717) is 6.61 Å². The fourth-order valence-electron chi connectivity index (χ4n) is 2.29. The van der Waals surface area contributed by atoms with Crippen LogP contribution in [-0.4, -0.2) is 19.3 Å². The van der Waals surface area contributed by atoms with Gasteiger partial charge in [0.05, 0.1) is 15.6 Å². The van der Waals surface area contributed by atoms with Crippen LogP contribution in [0.4, 0.5) is 0 Å². The van der Waals surface area contributed by atoms with Crippen molar-refractivity contribution < 1.29 is 9.47 Å². The van der Waals surface area contributed by atoms with Crippen LogP contribution in [0.2, 0.25) is 0 Å². The molecule has 1 aliphatic heterocycles. The van der Waals surface area contributed by atoms with Gasteiger partial charge < -0.3 is 9.47 Å². The Kier molecular flexibility index (Phi) is 7.03. The van der Waals surface area contributed by atoms with Gasteiger partial charge in [-0.25, -0.2) is 0 Å². The second-order valence-corrected chi connectivity index (χ2v) is 7.86. The predicted octanol–water partition coefficient (Wildman–Crippen LogP) is 5.75. The lowest BCUT2D eigenvalue weighted by Gasteiger charge is -2.12. The fraction of sp³-hybridized carbons (Fsp3) is 0.647. The van der Waals surface area contributed by atoms with E-state index in [-0.39, 0.29) is 6.10 Å². The Morgan fingerprint density at radius 1 is 1.19 bits per heavy atom. The zero-order valence-electron chi connectivity index (χ0n) is 12.8.